The summed E-state index contributed by atoms with van der Waals surface area (Å²) in [6, 6.07) is 9.66. The second-order valence-electron chi connectivity index (χ2n) is 9.76. The molecule has 2 heterocycles. The van der Waals surface area contributed by atoms with E-state index >= 15 is 0 Å². The first-order valence-corrected chi connectivity index (χ1v) is 11.8. The predicted molar refractivity (Wildman–Crippen MR) is 117 cm³/mol. The number of nitrogens with two attached hydrogens (primary N) is 1. The van der Waals surface area contributed by atoms with Gasteiger partial charge in [0.25, 0.3) is 0 Å². The second-order valence-corrected chi connectivity index (χ2v) is 9.76. The lowest BCUT2D eigenvalue weighted by Gasteiger charge is -2.37. The molecule has 3 atom stereocenters. The van der Waals surface area contributed by atoms with Gasteiger partial charge in [0.1, 0.15) is 0 Å². The van der Waals surface area contributed by atoms with E-state index in [-0.39, 0.29) is 17.7 Å². The highest BCUT2D eigenvalue weighted by molar-refractivity contribution is 6.00. The van der Waals surface area contributed by atoms with Crippen molar-refractivity contribution in [3.05, 3.63) is 29.8 Å². The molecular weight excluding hydrogens is 376 g/mol. The van der Waals surface area contributed by atoms with Gasteiger partial charge in [-0.05, 0) is 68.1 Å². The minimum Gasteiger partial charge on any atom is -0.369 e. The molecular formula is C24H34N4O2. The van der Waals surface area contributed by atoms with Crippen LogP contribution in [-0.4, -0.2) is 55.0 Å². The molecule has 2 aliphatic carbocycles. The lowest BCUT2D eigenvalue weighted by Crippen LogP contribution is -2.48. The van der Waals surface area contributed by atoms with Gasteiger partial charge in [-0.3, -0.25) is 19.8 Å². The molecule has 3 N–H and O–H groups in total. The number of piperazine rings is 1. The molecule has 6 nitrogen and oxygen atoms in total. The molecule has 2 aliphatic heterocycles. The molecule has 4 aliphatic rings. The Morgan fingerprint density at radius 2 is 1.60 bits per heavy atom. The van der Waals surface area contributed by atoms with Crippen molar-refractivity contribution >= 4 is 17.5 Å². The van der Waals surface area contributed by atoms with Gasteiger partial charge < -0.3 is 10.6 Å². The van der Waals surface area contributed by atoms with Crippen LogP contribution in [0.15, 0.2) is 24.3 Å². The molecule has 162 valence electrons. The molecule has 6 heteroatoms. The quantitative estimate of drug-likeness (QED) is 0.745. The first-order chi connectivity index (χ1) is 14.6. The summed E-state index contributed by atoms with van der Waals surface area (Å²) in [5.41, 5.74) is 8.33. The maximum absolute atomic E-state index is 12.1. The number of piperidine rings is 1. The minimum atomic E-state index is -0.199. The number of hydrogen-bond donors (Lipinski definition) is 2. The Bertz CT molecular complexity index is 779. The van der Waals surface area contributed by atoms with E-state index in [9.17, 15) is 9.59 Å². The smallest absolute Gasteiger partial charge is 0.234 e. The zero-order chi connectivity index (χ0) is 20.7. The van der Waals surface area contributed by atoms with E-state index in [1.54, 1.807) is 0 Å². The number of nitrogens with one attached hydrogen (secondary N) is 1. The number of carbonyl (C=O) groups is 2. The van der Waals surface area contributed by atoms with E-state index in [4.69, 9.17) is 5.73 Å². The normalized spacial score (nSPS) is 35.2. The Morgan fingerprint density at radius 1 is 0.900 bits per heavy atom. The zero-order valence-corrected chi connectivity index (χ0v) is 17.8. The van der Waals surface area contributed by atoms with Gasteiger partial charge in [-0.25, -0.2) is 0 Å². The maximum atomic E-state index is 12.1. The second kappa shape index (κ2) is 8.31. The van der Waals surface area contributed by atoms with E-state index in [2.05, 4.69) is 39.4 Å². The van der Waals surface area contributed by atoms with Crippen LogP contribution in [0.3, 0.4) is 0 Å². The largest absolute Gasteiger partial charge is 0.369 e. The highest BCUT2D eigenvalue weighted by atomic mass is 16.2. The number of hydrogen-bond acceptors (Lipinski definition) is 5. The van der Waals surface area contributed by atoms with Crippen LogP contribution in [0.1, 0.15) is 56.4 Å². The number of imide groups is 1. The summed E-state index contributed by atoms with van der Waals surface area (Å²) in [5, 5.41) is 2.46. The first-order valence-electron chi connectivity index (χ1n) is 11.8. The summed E-state index contributed by atoms with van der Waals surface area (Å²) in [4.78, 5) is 28.6. The van der Waals surface area contributed by atoms with Crippen LogP contribution in [0.4, 0.5) is 5.69 Å². The fourth-order valence-electron chi connectivity index (χ4n) is 5.94. The van der Waals surface area contributed by atoms with Crippen molar-refractivity contribution in [2.45, 2.75) is 62.9 Å². The minimum absolute atomic E-state index is 0.157. The van der Waals surface area contributed by atoms with Crippen molar-refractivity contribution in [1.29, 1.82) is 0 Å². The molecule has 0 spiro atoms. The van der Waals surface area contributed by atoms with Crippen LogP contribution in [-0.2, 0) is 9.59 Å². The van der Waals surface area contributed by atoms with Crippen LogP contribution in [0.2, 0.25) is 0 Å². The molecule has 2 amide bonds. The Morgan fingerprint density at radius 3 is 2.27 bits per heavy atom. The van der Waals surface area contributed by atoms with Crippen LogP contribution >= 0.6 is 0 Å². The SMILES string of the molecule is NC1CCC([C@H]2C[C@@H]2N2CCN(c3ccc(C4CCC(=O)NC4=O)cc3)CC2)CC1. The summed E-state index contributed by atoms with van der Waals surface area (Å²) in [6.45, 7) is 4.41. The predicted octanol–water partition coefficient (Wildman–Crippen LogP) is 2.23. The molecule has 5 rings (SSSR count). The van der Waals surface area contributed by atoms with Crippen molar-refractivity contribution in [1.82, 2.24) is 10.2 Å². The van der Waals surface area contributed by atoms with Gasteiger partial charge in [0.15, 0.2) is 0 Å². The van der Waals surface area contributed by atoms with Gasteiger partial charge in [-0.15, -0.1) is 0 Å². The molecule has 2 saturated heterocycles. The monoisotopic (exact) mass is 410 g/mol. The summed E-state index contributed by atoms with van der Waals surface area (Å²) < 4.78 is 0. The number of amides is 2. The molecule has 0 bridgehead atoms. The van der Waals surface area contributed by atoms with Gasteiger partial charge >= 0.3 is 0 Å². The first kappa shape index (κ1) is 20.0. The van der Waals surface area contributed by atoms with Crippen molar-refractivity contribution < 1.29 is 9.59 Å². The summed E-state index contributed by atoms with van der Waals surface area (Å²) >= 11 is 0. The van der Waals surface area contributed by atoms with Crippen LogP contribution in [0, 0.1) is 11.8 Å². The van der Waals surface area contributed by atoms with Crippen LogP contribution in [0.5, 0.6) is 0 Å². The van der Waals surface area contributed by atoms with Gasteiger partial charge in [-0.1, -0.05) is 12.1 Å². The average molecular weight is 411 g/mol. The molecule has 1 unspecified atom stereocenters. The molecule has 4 fully saturated rings. The molecule has 2 saturated carbocycles. The van der Waals surface area contributed by atoms with Crippen LogP contribution in [0.25, 0.3) is 0 Å². The van der Waals surface area contributed by atoms with Gasteiger partial charge in [-0.2, -0.15) is 0 Å². The molecule has 1 aromatic carbocycles. The van der Waals surface area contributed by atoms with E-state index in [0.717, 1.165) is 49.6 Å². The molecule has 30 heavy (non-hydrogen) atoms. The van der Waals surface area contributed by atoms with E-state index in [0.29, 0.717) is 18.9 Å². The zero-order valence-electron chi connectivity index (χ0n) is 17.8. The molecule has 1 aromatic rings. The lowest BCUT2D eigenvalue weighted by molar-refractivity contribution is -0.134. The van der Waals surface area contributed by atoms with Crippen molar-refractivity contribution in [2.24, 2.45) is 17.6 Å². The standard InChI is InChI=1S/C24H34N4O2/c25-18-5-1-17(2-6-18)21-15-22(21)28-13-11-27(12-14-28)19-7-3-16(4-8-19)20-9-10-23(29)26-24(20)30/h3-4,7-8,17-18,20-22H,1-2,5-6,9-15,25H2,(H,26,29,30)/t17?,18?,20?,21-,22+/m1/s1. The summed E-state index contributed by atoms with van der Waals surface area (Å²) in [6.07, 6.45) is 7.53. The number of nitrogens with zero attached hydrogens (tertiary/aromatic N) is 2. The van der Waals surface area contributed by atoms with Crippen molar-refractivity contribution in [2.75, 3.05) is 31.1 Å². The van der Waals surface area contributed by atoms with Crippen molar-refractivity contribution in [3.8, 4) is 0 Å². The van der Waals surface area contributed by atoms with E-state index in [1.165, 1.54) is 37.8 Å². The summed E-state index contributed by atoms with van der Waals surface area (Å²) in [7, 11) is 0. The topological polar surface area (TPSA) is 78.7 Å². The maximum Gasteiger partial charge on any atom is 0.234 e. The highest BCUT2D eigenvalue weighted by Crippen LogP contribution is 2.47. The average Bonchev–Trinajstić information content (AvgIpc) is 3.56. The van der Waals surface area contributed by atoms with E-state index in [1.807, 2.05) is 0 Å². The Labute approximate surface area is 179 Å². The fourth-order valence-corrected chi connectivity index (χ4v) is 5.94. The Hall–Kier alpha value is -1.92. The lowest BCUT2D eigenvalue weighted by atomic mass is 9.83. The third-order valence-electron chi connectivity index (χ3n) is 7.91. The number of rotatable bonds is 4. The number of anilines is 1. The van der Waals surface area contributed by atoms with Gasteiger partial charge in [0.05, 0.1) is 5.92 Å². The third-order valence-corrected chi connectivity index (χ3v) is 7.91. The van der Waals surface area contributed by atoms with Gasteiger partial charge in [0, 0.05) is 50.4 Å². The highest BCUT2D eigenvalue weighted by Gasteiger charge is 2.47. The fraction of sp³-hybridized carbons (Fsp3) is 0.667. The molecule has 0 aromatic heterocycles. The van der Waals surface area contributed by atoms with Crippen LogP contribution < -0.4 is 16.0 Å². The number of carbonyl (C=O) groups excluding carboxylic acids is 2. The van der Waals surface area contributed by atoms with Crippen molar-refractivity contribution in [3.63, 3.8) is 0 Å². The summed E-state index contributed by atoms with van der Waals surface area (Å²) in [5.74, 6) is 1.31. The Kier molecular flexibility index (Phi) is 5.54. The third kappa shape index (κ3) is 4.12. The number of benzene rings is 1. The van der Waals surface area contributed by atoms with E-state index < -0.39 is 0 Å². The Balaban J connectivity index is 1.12. The molecule has 0 radical (unpaired) electrons. The van der Waals surface area contributed by atoms with Gasteiger partial charge in [0.2, 0.25) is 11.8 Å².